The van der Waals surface area contributed by atoms with Gasteiger partial charge < -0.3 is 16.0 Å². The number of thiophene rings is 1. The number of hydrogen-bond acceptors (Lipinski definition) is 4. The zero-order valence-electron chi connectivity index (χ0n) is 16.5. The van der Waals surface area contributed by atoms with Gasteiger partial charge in [-0.25, -0.2) is 4.99 Å². The van der Waals surface area contributed by atoms with E-state index in [4.69, 9.17) is 0 Å². The molecule has 150 valence electrons. The van der Waals surface area contributed by atoms with E-state index in [2.05, 4.69) is 50.3 Å². The van der Waals surface area contributed by atoms with Crippen molar-refractivity contribution in [2.24, 2.45) is 10.9 Å². The predicted molar refractivity (Wildman–Crippen MR) is 112 cm³/mol. The van der Waals surface area contributed by atoms with Crippen molar-refractivity contribution in [3.63, 3.8) is 0 Å². The highest BCUT2D eigenvalue weighted by molar-refractivity contribution is 7.10. The van der Waals surface area contributed by atoms with Gasteiger partial charge in [0.2, 0.25) is 5.91 Å². The molecule has 1 amide bonds. The van der Waals surface area contributed by atoms with Crippen molar-refractivity contribution in [1.82, 2.24) is 20.9 Å². The first-order chi connectivity index (χ1) is 13.2. The molecule has 1 unspecified atom stereocenters. The van der Waals surface area contributed by atoms with Gasteiger partial charge in [-0.3, -0.25) is 9.69 Å². The van der Waals surface area contributed by atoms with Crippen LogP contribution in [0.5, 0.6) is 0 Å². The molecule has 27 heavy (non-hydrogen) atoms. The number of carbonyl (C=O) groups is 1. The summed E-state index contributed by atoms with van der Waals surface area (Å²) >= 11 is 1.82. The molecule has 0 bridgehead atoms. The zero-order chi connectivity index (χ0) is 19.1. The number of aliphatic imine (C=N–C) groups is 1. The Morgan fingerprint density at radius 1 is 1.30 bits per heavy atom. The second kappa shape index (κ2) is 10.1. The van der Waals surface area contributed by atoms with Gasteiger partial charge in [0.15, 0.2) is 5.96 Å². The Balaban J connectivity index is 1.58. The molecule has 1 saturated heterocycles. The number of guanidine groups is 1. The topological polar surface area (TPSA) is 68.8 Å². The van der Waals surface area contributed by atoms with E-state index >= 15 is 0 Å². The van der Waals surface area contributed by atoms with Crippen LogP contribution in [0.4, 0.5) is 0 Å². The van der Waals surface area contributed by atoms with E-state index < -0.39 is 0 Å². The average Bonchev–Trinajstić information content (AvgIpc) is 3.30. The summed E-state index contributed by atoms with van der Waals surface area (Å²) in [5.74, 6) is 1.55. The summed E-state index contributed by atoms with van der Waals surface area (Å²) in [6.45, 7) is 8.43. The van der Waals surface area contributed by atoms with E-state index in [-0.39, 0.29) is 12.5 Å². The van der Waals surface area contributed by atoms with Crippen LogP contribution < -0.4 is 16.0 Å². The molecule has 0 spiro atoms. The van der Waals surface area contributed by atoms with Crippen molar-refractivity contribution in [3.8, 4) is 0 Å². The second-order valence-corrected chi connectivity index (χ2v) is 8.65. The Kier molecular flexibility index (Phi) is 7.52. The minimum absolute atomic E-state index is 0.00882. The number of carbonyl (C=O) groups excluding carboxylic acids is 1. The van der Waals surface area contributed by atoms with Gasteiger partial charge in [0, 0.05) is 24.0 Å². The Labute approximate surface area is 166 Å². The minimum atomic E-state index is 0.00882. The summed E-state index contributed by atoms with van der Waals surface area (Å²) in [7, 11) is 0. The fraction of sp³-hybridized carbons (Fsp3) is 0.700. The van der Waals surface area contributed by atoms with Gasteiger partial charge in [0.25, 0.3) is 0 Å². The molecule has 7 heteroatoms. The summed E-state index contributed by atoms with van der Waals surface area (Å²) in [5.41, 5.74) is 0. The summed E-state index contributed by atoms with van der Waals surface area (Å²) in [5, 5.41) is 11.9. The number of rotatable bonds is 8. The lowest BCUT2D eigenvalue weighted by atomic mass is 9.97. The first-order valence-corrected chi connectivity index (χ1v) is 11.1. The Hall–Kier alpha value is -1.60. The molecule has 0 aromatic carbocycles. The van der Waals surface area contributed by atoms with Crippen LogP contribution >= 0.6 is 11.3 Å². The fourth-order valence-electron chi connectivity index (χ4n) is 3.42. The van der Waals surface area contributed by atoms with E-state index in [1.165, 1.54) is 17.7 Å². The highest BCUT2D eigenvalue weighted by Crippen LogP contribution is 2.29. The molecule has 1 aliphatic heterocycles. The SMILES string of the molecule is CCNC(=NCC(=O)NC1CC1)NCC(c1cccs1)N1CCC(C)CC1. The maximum absolute atomic E-state index is 11.9. The molecular weight excluding hydrogens is 358 g/mol. The molecule has 1 aromatic heterocycles. The largest absolute Gasteiger partial charge is 0.357 e. The highest BCUT2D eigenvalue weighted by atomic mass is 32.1. The van der Waals surface area contributed by atoms with E-state index in [1.54, 1.807) is 0 Å². The number of nitrogens with zero attached hydrogens (tertiary/aromatic N) is 2. The average molecular weight is 392 g/mol. The van der Waals surface area contributed by atoms with Crippen LogP contribution in [0.25, 0.3) is 0 Å². The molecular formula is C20H33N5OS. The first-order valence-electron chi connectivity index (χ1n) is 10.2. The standard InChI is InChI=1S/C20H33N5OS/c1-3-21-20(23-14-19(26)24-16-6-7-16)22-13-17(18-5-4-12-27-18)25-10-8-15(2)9-11-25/h4-5,12,15-17H,3,6-11,13-14H2,1-2H3,(H,24,26)(H2,21,22,23). The van der Waals surface area contributed by atoms with Crippen LogP contribution in [-0.4, -0.2) is 55.5 Å². The Morgan fingerprint density at radius 2 is 2.07 bits per heavy atom. The van der Waals surface area contributed by atoms with Crippen molar-refractivity contribution >= 4 is 23.2 Å². The molecule has 0 radical (unpaired) electrons. The Bertz CT molecular complexity index is 606. The second-order valence-electron chi connectivity index (χ2n) is 7.67. The van der Waals surface area contributed by atoms with Crippen molar-refractivity contribution in [1.29, 1.82) is 0 Å². The minimum Gasteiger partial charge on any atom is -0.357 e. The van der Waals surface area contributed by atoms with Crippen molar-refractivity contribution in [3.05, 3.63) is 22.4 Å². The number of likely N-dealkylation sites (tertiary alicyclic amines) is 1. The number of amides is 1. The van der Waals surface area contributed by atoms with Crippen LogP contribution in [0.3, 0.4) is 0 Å². The predicted octanol–water partition coefficient (Wildman–Crippen LogP) is 2.35. The van der Waals surface area contributed by atoms with E-state index in [9.17, 15) is 4.79 Å². The first kappa shape index (κ1) is 20.1. The normalized spacial score (nSPS) is 20.3. The molecule has 1 atom stereocenters. The number of hydrogen-bond donors (Lipinski definition) is 3. The molecule has 2 fully saturated rings. The van der Waals surface area contributed by atoms with Gasteiger partial charge in [-0.15, -0.1) is 11.3 Å². The zero-order valence-corrected chi connectivity index (χ0v) is 17.4. The van der Waals surface area contributed by atoms with Crippen LogP contribution in [-0.2, 0) is 4.79 Å². The van der Waals surface area contributed by atoms with E-state index in [0.717, 1.165) is 50.9 Å². The van der Waals surface area contributed by atoms with Crippen molar-refractivity contribution in [2.45, 2.75) is 51.6 Å². The van der Waals surface area contributed by atoms with E-state index in [1.807, 2.05) is 18.3 Å². The summed E-state index contributed by atoms with van der Waals surface area (Å²) in [6, 6.07) is 5.08. The third kappa shape index (κ3) is 6.50. The van der Waals surface area contributed by atoms with Gasteiger partial charge in [-0.2, -0.15) is 0 Å². The van der Waals surface area contributed by atoms with E-state index in [0.29, 0.717) is 12.1 Å². The van der Waals surface area contributed by atoms with Crippen LogP contribution in [0.1, 0.15) is 50.4 Å². The van der Waals surface area contributed by atoms with Gasteiger partial charge in [0.05, 0.1) is 6.04 Å². The molecule has 1 aliphatic carbocycles. The summed E-state index contributed by atoms with van der Waals surface area (Å²) < 4.78 is 0. The maximum Gasteiger partial charge on any atom is 0.242 e. The fourth-order valence-corrected chi connectivity index (χ4v) is 4.28. The lowest BCUT2D eigenvalue weighted by molar-refractivity contribution is -0.119. The van der Waals surface area contributed by atoms with Crippen LogP contribution in [0.15, 0.2) is 22.5 Å². The molecule has 1 aromatic rings. The Morgan fingerprint density at radius 3 is 2.70 bits per heavy atom. The summed E-state index contributed by atoms with van der Waals surface area (Å²) in [4.78, 5) is 20.4. The van der Waals surface area contributed by atoms with Gasteiger partial charge in [0.1, 0.15) is 6.54 Å². The quantitative estimate of drug-likeness (QED) is 0.470. The number of piperidine rings is 1. The summed E-state index contributed by atoms with van der Waals surface area (Å²) in [6.07, 6.45) is 4.73. The molecule has 3 N–H and O–H groups in total. The lowest BCUT2D eigenvalue weighted by Crippen LogP contribution is -2.45. The maximum atomic E-state index is 11.9. The molecule has 3 rings (SSSR count). The smallest absolute Gasteiger partial charge is 0.242 e. The van der Waals surface area contributed by atoms with Gasteiger partial charge in [-0.1, -0.05) is 13.0 Å². The molecule has 2 aliphatic rings. The third-order valence-electron chi connectivity index (χ3n) is 5.26. The van der Waals surface area contributed by atoms with Crippen LogP contribution in [0.2, 0.25) is 0 Å². The van der Waals surface area contributed by atoms with Gasteiger partial charge in [-0.05, 0) is 63.1 Å². The third-order valence-corrected chi connectivity index (χ3v) is 6.23. The van der Waals surface area contributed by atoms with Crippen molar-refractivity contribution in [2.75, 3.05) is 32.7 Å². The number of nitrogens with one attached hydrogen (secondary N) is 3. The van der Waals surface area contributed by atoms with Gasteiger partial charge >= 0.3 is 0 Å². The lowest BCUT2D eigenvalue weighted by Gasteiger charge is -2.36. The molecule has 1 saturated carbocycles. The molecule has 2 heterocycles. The molecule has 6 nitrogen and oxygen atoms in total. The highest BCUT2D eigenvalue weighted by Gasteiger charge is 2.26. The van der Waals surface area contributed by atoms with Crippen LogP contribution in [0, 0.1) is 5.92 Å². The monoisotopic (exact) mass is 391 g/mol. The van der Waals surface area contributed by atoms with Crippen molar-refractivity contribution < 1.29 is 4.79 Å².